The molecule has 5 rings (SSSR count). The second-order valence-electron chi connectivity index (χ2n) is 7.48. The molecular weight excluding hydrogens is 417 g/mol. The van der Waals surface area contributed by atoms with E-state index in [1.165, 1.54) is 16.9 Å². The van der Waals surface area contributed by atoms with E-state index in [4.69, 9.17) is 16.3 Å². The molecule has 0 amide bonds. The number of aromatic nitrogens is 4. The van der Waals surface area contributed by atoms with Gasteiger partial charge in [-0.2, -0.15) is 15.1 Å². The number of nitrogens with one attached hydrogen (secondary N) is 1. The second-order valence-corrected chi connectivity index (χ2v) is 7.81. The minimum Gasteiger partial charge on any atom is -0.394 e. The number of anilines is 1. The second kappa shape index (κ2) is 7.40. The van der Waals surface area contributed by atoms with Crippen molar-refractivity contribution in [1.29, 1.82) is 0 Å². The first-order valence-electron chi connectivity index (χ1n) is 9.54. The van der Waals surface area contributed by atoms with Crippen LogP contribution in [0.1, 0.15) is 29.8 Å². The number of hydrogen-bond donors (Lipinski definition) is 4. The maximum atomic E-state index is 13.5. The molecule has 1 aromatic carbocycles. The third kappa shape index (κ3) is 3.12. The van der Waals surface area contributed by atoms with E-state index in [1.807, 2.05) is 0 Å². The number of fused-ring (bicyclic) bond motifs is 2. The Morgan fingerprint density at radius 3 is 2.87 bits per heavy atom. The summed E-state index contributed by atoms with van der Waals surface area (Å²) in [5, 5.41) is 37.8. The molecule has 1 aliphatic heterocycles. The van der Waals surface area contributed by atoms with Crippen LogP contribution in [0.4, 0.5) is 10.2 Å². The van der Waals surface area contributed by atoms with Crippen LogP contribution in [0.25, 0.3) is 11.0 Å². The van der Waals surface area contributed by atoms with Gasteiger partial charge in [-0.1, -0.05) is 6.07 Å². The number of ether oxygens (including phenoxy) is 1. The van der Waals surface area contributed by atoms with Crippen molar-refractivity contribution in [2.75, 3.05) is 11.9 Å². The van der Waals surface area contributed by atoms with Crippen molar-refractivity contribution >= 4 is 28.5 Å². The fourth-order valence-electron chi connectivity index (χ4n) is 4.18. The molecule has 0 bridgehead atoms. The van der Waals surface area contributed by atoms with Gasteiger partial charge < -0.3 is 25.4 Å². The summed E-state index contributed by atoms with van der Waals surface area (Å²) in [5.74, 6) is 0.187. The van der Waals surface area contributed by atoms with E-state index in [0.717, 1.165) is 24.0 Å². The Bertz CT molecular complexity index is 1110. The van der Waals surface area contributed by atoms with Crippen molar-refractivity contribution in [3.63, 3.8) is 0 Å². The molecule has 0 saturated carbocycles. The molecule has 1 saturated heterocycles. The number of benzene rings is 1. The predicted octanol–water partition coefficient (Wildman–Crippen LogP) is 1.33. The highest BCUT2D eigenvalue weighted by Gasteiger charge is 2.44. The van der Waals surface area contributed by atoms with Crippen LogP contribution in [0.15, 0.2) is 24.4 Å². The average molecular weight is 436 g/mol. The minimum absolute atomic E-state index is 0.0316. The Morgan fingerprint density at radius 2 is 2.10 bits per heavy atom. The van der Waals surface area contributed by atoms with Crippen LogP contribution in [0.2, 0.25) is 5.28 Å². The lowest BCUT2D eigenvalue weighted by Crippen LogP contribution is -2.33. The lowest BCUT2D eigenvalue weighted by molar-refractivity contribution is -0.0566. The van der Waals surface area contributed by atoms with Gasteiger partial charge in [-0.25, -0.2) is 9.07 Å². The van der Waals surface area contributed by atoms with Gasteiger partial charge in [-0.05, 0) is 47.7 Å². The van der Waals surface area contributed by atoms with Gasteiger partial charge in [0.15, 0.2) is 11.9 Å². The molecule has 3 heterocycles. The van der Waals surface area contributed by atoms with E-state index in [2.05, 4.69) is 20.4 Å². The molecule has 1 fully saturated rings. The Labute approximate surface area is 175 Å². The predicted molar refractivity (Wildman–Crippen MR) is 104 cm³/mol. The van der Waals surface area contributed by atoms with Gasteiger partial charge in [-0.15, -0.1) is 0 Å². The molecule has 0 unspecified atom stereocenters. The molecule has 5 atom stereocenters. The van der Waals surface area contributed by atoms with Gasteiger partial charge in [0.1, 0.15) is 29.9 Å². The number of hydrogen-bond acceptors (Lipinski definition) is 8. The molecule has 30 heavy (non-hydrogen) atoms. The summed E-state index contributed by atoms with van der Waals surface area (Å²) >= 11 is 6.14. The average Bonchev–Trinajstić information content (AvgIpc) is 3.39. The maximum Gasteiger partial charge on any atom is 0.226 e. The van der Waals surface area contributed by atoms with E-state index in [1.54, 1.807) is 12.1 Å². The lowest BCUT2D eigenvalue weighted by Gasteiger charge is -2.17. The standard InChI is InChI=1S/C19H19ClFN5O4/c20-19-24-16(23-12-4-1-8-5-9(21)2-3-10(8)12)11-6-22-26(17(11)25-19)18-15(29)14(28)13(7-27)30-18/h2-3,5-6,12-15,18,27-29H,1,4,7H2,(H,23,24,25)/t12-,13-,14-,15-,18-/m1/s1. The van der Waals surface area contributed by atoms with Gasteiger partial charge >= 0.3 is 0 Å². The molecule has 2 aliphatic rings. The van der Waals surface area contributed by atoms with Crippen molar-refractivity contribution in [2.45, 2.75) is 43.4 Å². The molecule has 4 N–H and O–H groups in total. The Balaban J connectivity index is 1.50. The number of rotatable bonds is 4. The van der Waals surface area contributed by atoms with Crippen LogP contribution >= 0.6 is 11.6 Å². The Kier molecular flexibility index (Phi) is 4.83. The van der Waals surface area contributed by atoms with E-state index in [9.17, 15) is 19.7 Å². The third-order valence-electron chi connectivity index (χ3n) is 5.68. The zero-order valence-electron chi connectivity index (χ0n) is 15.6. The summed E-state index contributed by atoms with van der Waals surface area (Å²) < 4.78 is 20.4. The Morgan fingerprint density at radius 1 is 1.27 bits per heavy atom. The summed E-state index contributed by atoms with van der Waals surface area (Å²) in [5.41, 5.74) is 2.26. The number of nitrogens with zero attached hydrogens (tertiary/aromatic N) is 4. The molecule has 3 aromatic rings. The van der Waals surface area contributed by atoms with Crippen LogP contribution in [0.5, 0.6) is 0 Å². The van der Waals surface area contributed by atoms with Crippen LogP contribution in [-0.2, 0) is 11.2 Å². The van der Waals surface area contributed by atoms with Gasteiger partial charge in [0.25, 0.3) is 0 Å². The molecule has 2 aromatic heterocycles. The quantitative estimate of drug-likeness (QED) is 0.452. The first-order valence-corrected chi connectivity index (χ1v) is 9.92. The van der Waals surface area contributed by atoms with E-state index in [-0.39, 0.29) is 17.1 Å². The van der Waals surface area contributed by atoms with Crippen LogP contribution < -0.4 is 5.32 Å². The van der Waals surface area contributed by atoms with Crippen molar-refractivity contribution in [3.05, 3.63) is 46.6 Å². The molecule has 158 valence electrons. The number of aliphatic hydroxyl groups is 3. The molecular formula is C19H19ClFN5O4. The van der Waals surface area contributed by atoms with E-state index in [0.29, 0.717) is 16.9 Å². The normalized spacial score (nSPS) is 28.2. The smallest absolute Gasteiger partial charge is 0.226 e. The number of aliphatic hydroxyl groups excluding tert-OH is 3. The molecule has 9 nitrogen and oxygen atoms in total. The van der Waals surface area contributed by atoms with Crippen LogP contribution in [-0.4, -0.2) is 60.0 Å². The maximum absolute atomic E-state index is 13.5. The van der Waals surface area contributed by atoms with Gasteiger partial charge in [0.05, 0.1) is 24.2 Å². The van der Waals surface area contributed by atoms with Crippen molar-refractivity contribution in [3.8, 4) is 0 Å². The summed E-state index contributed by atoms with van der Waals surface area (Å²) in [7, 11) is 0. The van der Waals surface area contributed by atoms with Crippen LogP contribution in [0.3, 0.4) is 0 Å². The largest absolute Gasteiger partial charge is 0.394 e. The first kappa shape index (κ1) is 19.6. The van der Waals surface area contributed by atoms with Crippen molar-refractivity contribution in [1.82, 2.24) is 19.7 Å². The number of aryl methyl sites for hydroxylation is 1. The highest BCUT2D eigenvalue weighted by atomic mass is 35.5. The van der Waals surface area contributed by atoms with E-state index < -0.39 is 31.1 Å². The topological polar surface area (TPSA) is 126 Å². The summed E-state index contributed by atoms with van der Waals surface area (Å²) in [6, 6.07) is 4.66. The highest BCUT2D eigenvalue weighted by Crippen LogP contribution is 2.37. The number of halogens is 2. The fraction of sp³-hybridized carbons (Fsp3) is 0.421. The summed E-state index contributed by atoms with van der Waals surface area (Å²) in [6.07, 6.45) is -1.50. The monoisotopic (exact) mass is 435 g/mol. The summed E-state index contributed by atoms with van der Waals surface area (Å²) in [6.45, 7) is -0.446. The van der Waals surface area contributed by atoms with Crippen LogP contribution in [0, 0.1) is 5.82 Å². The zero-order valence-corrected chi connectivity index (χ0v) is 16.4. The highest BCUT2D eigenvalue weighted by molar-refractivity contribution is 6.28. The van der Waals surface area contributed by atoms with Gasteiger partial charge in [0.2, 0.25) is 5.28 Å². The molecule has 11 heteroatoms. The molecule has 0 radical (unpaired) electrons. The minimum atomic E-state index is -1.30. The van der Waals surface area contributed by atoms with E-state index >= 15 is 0 Å². The fourth-order valence-corrected chi connectivity index (χ4v) is 4.34. The Hall–Kier alpha value is -2.37. The zero-order chi connectivity index (χ0) is 21.0. The third-order valence-corrected chi connectivity index (χ3v) is 5.85. The van der Waals surface area contributed by atoms with Gasteiger partial charge in [0, 0.05) is 0 Å². The molecule has 0 spiro atoms. The summed E-state index contributed by atoms with van der Waals surface area (Å²) in [4.78, 5) is 8.50. The SMILES string of the molecule is OC[C@H]1O[C@@H](n2ncc3c(N[C@@H]4CCc5cc(F)ccc54)nc(Cl)nc32)[C@H](O)[C@@H]1O. The van der Waals surface area contributed by atoms with Gasteiger partial charge in [-0.3, -0.25) is 0 Å². The lowest BCUT2D eigenvalue weighted by atomic mass is 10.1. The van der Waals surface area contributed by atoms with Crippen molar-refractivity contribution in [2.24, 2.45) is 0 Å². The first-order chi connectivity index (χ1) is 14.5. The van der Waals surface area contributed by atoms with Crippen molar-refractivity contribution < 1.29 is 24.4 Å². The molecule has 1 aliphatic carbocycles.